The van der Waals surface area contributed by atoms with E-state index < -0.39 is 55.8 Å². The minimum Gasteiger partial charge on any atom is -0.490 e. The number of benzene rings is 6. The summed E-state index contributed by atoms with van der Waals surface area (Å²) in [6, 6.07) is 24.9. The first kappa shape index (κ1) is 102. The molecular formula is C99H132O21. The van der Waals surface area contributed by atoms with Crippen molar-refractivity contribution in [3.63, 3.8) is 0 Å². The molecule has 0 N–H and O–H groups in total. The second kappa shape index (κ2) is 41.4. The number of ketones is 3. The fraction of sp³-hybridized carbons (Fsp3) is 0.485. The van der Waals surface area contributed by atoms with Gasteiger partial charge in [-0.25, -0.2) is 0 Å². The molecule has 654 valence electrons. The largest absolute Gasteiger partial charge is 0.490 e. The molecule has 0 saturated heterocycles. The Morgan fingerprint density at radius 1 is 0.300 bits per heavy atom. The quantitative estimate of drug-likeness (QED) is 0.0201. The molecule has 0 aliphatic rings. The minimum atomic E-state index is -0.733. The van der Waals surface area contributed by atoms with Gasteiger partial charge in [0.25, 0.3) is 0 Å². The molecule has 0 fully saturated rings. The van der Waals surface area contributed by atoms with Gasteiger partial charge in [0.05, 0.1) is 72.1 Å². The van der Waals surface area contributed by atoms with Crippen molar-refractivity contribution >= 4 is 71.4 Å². The smallest absolute Gasteiger partial charge is 0.316 e. The molecule has 0 aliphatic heterocycles. The van der Waals surface area contributed by atoms with Crippen molar-refractivity contribution in [3.8, 4) is 69.0 Å². The van der Waals surface area contributed by atoms with E-state index >= 15 is 0 Å². The van der Waals surface area contributed by atoms with E-state index in [1.54, 1.807) is 216 Å². The van der Waals surface area contributed by atoms with Crippen LogP contribution in [0, 0.1) is 32.5 Å². The Morgan fingerprint density at radius 3 is 0.767 bits per heavy atom. The molecule has 6 aromatic carbocycles. The molecule has 0 spiro atoms. The van der Waals surface area contributed by atoms with Crippen LogP contribution in [0.2, 0.25) is 0 Å². The minimum absolute atomic E-state index is 0.0130. The fourth-order valence-electron chi connectivity index (χ4n) is 10.3. The number of methoxy groups -OCH3 is 3. The first-order chi connectivity index (χ1) is 55.0. The number of hydrogen-bond acceptors (Lipinski definition) is 21. The molecular weight excluding hydrogens is 1530 g/mol. The van der Waals surface area contributed by atoms with Gasteiger partial charge in [0.1, 0.15) is 17.2 Å². The zero-order valence-electron chi connectivity index (χ0n) is 77.7. The summed E-state index contributed by atoms with van der Waals surface area (Å²) in [5.74, 6) is 1.04. The number of carbonyl (C=O) groups is 9. The lowest BCUT2D eigenvalue weighted by atomic mass is 9.80. The SMILES string of the molecule is CCC(C)(C)c1cc(C=CC(=O)c2ccc(OC(=O)C(C)(C)C)cc2)c(OC(C)C)c(OC)c1OC(=O)C(C)(C)C.COc1c(OC(C)C)c(C=CC(=O)c2ccc(OC(=O)C(C)(C)C)cc2)cc(C(C)(C)C)c1OC(=O)C(C)(C)C.COc1c(OC(C)C)c(C=CC(=O)c2ccc(OC(=O)C(C)(C)C)cc2)cc(C(C)C)c1OC(=O)C(C)(C)C. The van der Waals surface area contributed by atoms with Crippen LogP contribution in [0.15, 0.2) is 109 Å². The molecule has 0 bridgehead atoms. The standard InChI is InChI=1S/C34H46O7.C33H44O7.C32H42O7/c1-13-34(10,11)25-20-23(27(39-21(2)3)29(38-12)28(25)41-31(37)33(7,8)9)16-19-26(35)22-14-17-24(18-15-22)40-30(36)32(4,5)6;1-20(2)38-26-22(15-18-25(34)21-13-16-23(17-14-21)39-29(35)32(6,7)8)19-24(31(3,4)5)27(28(26)37-12)40-30(36)33(9,10)11;1-19(2)24-18-22(26(37-20(3)4)28(36-11)27(24)39-30(35)32(8,9)10)14-17-25(33)21-12-15-23(16-13-21)38-29(34)31(5,6)7/h14-21H,13H2,1-12H3;13-20H,1-12H3;12-20H,1-11H3. The van der Waals surface area contributed by atoms with Gasteiger partial charge in [-0.05, 0) is 317 Å². The predicted molar refractivity (Wildman–Crippen MR) is 472 cm³/mol. The number of rotatable bonds is 27. The van der Waals surface area contributed by atoms with Crippen LogP contribution in [0.25, 0.3) is 18.2 Å². The molecule has 0 unspecified atom stereocenters. The molecule has 0 amide bonds. The molecule has 0 radical (unpaired) electrons. The highest BCUT2D eigenvalue weighted by molar-refractivity contribution is 6.09. The van der Waals surface area contributed by atoms with Crippen molar-refractivity contribution in [2.24, 2.45) is 32.5 Å². The summed E-state index contributed by atoms with van der Waals surface area (Å²) in [6.07, 6.45) is 9.49. The maximum atomic E-state index is 13.1. The second-order valence-electron chi connectivity index (χ2n) is 38.3. The van der Waals surface area contributed by atoms with E-state index in [4.69, 9.17) is 56.8 Å². The summed E-state index contributed by atoms with van der Waals surface area (Å²) < 4.78 is 69.6. The van der Waals surface area contributed by atoms with Gasteiger partial charge >= 0.3 is 35.8 Å². The molecule has 0 heterocycles. The van der Waals surface area contributed by atoms with E-state index in [9.17, 15) is 43.2 Å². The fourth-order valence-corrected chi connectivity index (χ4v) is 10.3. The summed E-state index contributed by atoms with van der Waals surface area (Å²) in [4.78, 5) is 114. The highest BCUT2D eigenvalue weighted by atomic mass is 16.6. The van der Waals surface area contributed by atoms with Crippen LogP contribution >= 0.6 is 0 Å². The first-order valence-corrected chi connectivity index (χ1v) is 40.6. The molecule has 120 heavy (non-hydrogen) atoms. The van der Waals surface area contributed by atoms with Gasteiger partial charge in [-0.2, -0.15) is 0 Å². The van der Waals surface area contributed by atoms with E-state index in [1.807, 2.05) is 94.4 Å². The van der Waals surface area contributed by atoms with Crippen LogP contribution in [-0.2, 0) is 39.6 Å². The van der Waals surface area contributed by atoms with Crippen LogP contribution in [0.3, 0.4) is 0 Å². The van der Waals surface area contributed by atoms with Gasteiger partial charge < -0.3 is 56.8 Å². The van der Waals surface area contributed by atoms with E-state index in [0.717, 1.165) is 23.1 Å². The molecule has 0 atom stereocenters. The number of carbonyl (C=O) groups excluding carboxylic acids is 9. The van der Waals surface area contributed by atoms with Crippen molar-refractivity contribution in [1.29, 1.82) is 0 Å². The molecule has 0 saturated carbocycles. The van der Waals surface area contributed by atoms with Crippen molar-refractivity contribution < 1.29 is 100.0 Å². The number of esters is 6. The Bertz CT molecular complexity index is 4720. The van der Waals surface area contributed by atoms with Gasteiger partial charge in [0.15, 0.2) is 51.8 Å². The molecule has 21 nitrogen and oxygen atoms in total. The summed E-state index contributed by atoms with van der Waals surface area (Å²) in [5.41, 5.74) is 0.467. The van der Waals surface area contributed by atoms with Crippen LogP contribution in [0.1, 0.15) is 298 Å². The lowest BCUT2D eigenvalue weighted by molar-refractivity contribution is -0.143. The van der Waals surface area contributed by atoms with Gasteiger partial charge in [0, 0.05) is 50.1 Å². The maximum Gasteiger partial charge on any atom is 0.316 e. The van der Waals surface area contributed by atoms with Gasteiger partial charge in [-0.3, -0.25) is 43.2 Å². The Morgan fingerprint density at radius 2 is 0.533 bits per heavy atom. The summed E-state index contributed by atoms with van der Waals surface area (Å²) in [6.45, 7) is 59.5. The van der Waals surface area contributed by atoms with Crippen LogP contribution < -0.4 is 56.8 Å². The first-order valence-electron chi connectivity index (χ1n) is 40.6. The Labute approximate surface area is 712 Å². The number of hydrogen-bond donors (Lipinski definition) is 0. The Hall–Kier alpha value is -10.8. The average molecular weight is 1660 g/mol. The van der Waals surface area contributed by atoms with E-state index in [-0.39, 0.29) is 70.7 Å². The van der Waals surface area contributed by atoms with Gasteiger partial charge in [-0.15, -0.1) is 0 Å². The van der Waals surface area contributed by atoms with E-state index in [0.29, 0.717) is 96.6 Å². The van der Waals surface area contributed by atoms with Crippen molar-refractivity contribution in [3.05, 3.63) is 159 Å². The highest BCUT2D eigenvalue weighted by Gasteiger charge is 2.37. The molecule has 6 aromatic rings. The lowest BCUT2D eigenvalue weighted by Crippen LogP contribution is -2.28. The third kappa shape index (κ3) is 29.3. The summed E-state index contributed by atoms with van der Waals surface area (Å²) in [7, 11) is 4.50. The summed E-state index contributed by atoms with van der Waals surface area (Å²) in [5, 5.41) is 0. The van der Waals surface area contributed by atoms with Gasteiger partial charge in [-0.1, -0.05) is 55.4 Å². The molecule has 21 heteroatoms. The summed E-state index contributed by atoms with van der Waals surface area (Å²) >= 11 is 0. The Balaban J connectivity index is 0.000000378. The van der Waals surface area contributed by atoms with E-state index in [2.05, 4.69) is 20.8 Å². The number of allylic oxidation sites excluding steroid dienone is 3. The normalized spacial score (nSPS) is 12.3. The molecule has 0 aromatic heterocycles. The average Bonchev–Trinajstić information content (AvgIpc) is 0.765. The Kier molecular flexibility index (Phi) is 35.1. The predicted octanol–water partition coefficient (Wildman–Crippen LogP) is 23.0. The zero-order chi connectivity index (χ0) is 91.7. The maximum absolute atomic E-state index is 13.1. The van der Waals surface area contributed by atoms with Crippen molar-refractivity contribution in [1.82, 2.24) is 0 Å². The van der Waals surface area contributed by atoms with Crippen LogP contribution in [0.4, 0.5) is 0 Å². The highest BCUT2D eigenvalue weighted by Crippen LogP contribution is 2.52. The number of ether oxygens (including phenoxy) is 12. The van der Waals surface area contributed by atoms with Crippen molar-refractivity contribution in [2.75, 3.05) is 21.3 Å². The van der Waals surface area contributed by atoms with Crippen molar-refractivity contribution in [2.45, 2.75) is 263 Å². The van der Waals surface area contributed by atoms with E-state index in [1.165, 1.54) is 39.6 Å². The van der Waals surface area contributed by atoms with Crippen LogP contribution in [-0.4, -0.2) is 92.8 Å². The molecule has 0 aliphatic carbocycles. The molecule has 6 rings (SSSR count). The van der Waals surface area contributed by atoms with Crippen LogP contribution in [0.5, 0.6) is 69.0 Å². The zero-order valence-corrected chi connectivity index (χ0v) is 77.7. The second-order valence-corrected chi connectivity index (χ2v) is 38.3. The third-order valence-corrected chi connectivity index (χ3v) is 18.0. The third-order valence-electron chi connectivity index (χ3n) is 18.0. The lowest BCUT2D eigenvalue weighted by Gasteiger charge is -2.30. The topological polar surface area (TPSA) is 264 Å². The van der Waals surface area contributed by atoms with Gasteiger partial charge in [0.2, 0.25) is 17.2 Å². The monoisotopic (exact) mass is 1660 g/mol.